The van der Waals surface area contributed by atoms with E-state index in [9.17, 15) is 0 Å². The third-order valence-corrected chi connectivity index (χ3v) is 13.1. The minimum atomic E-state index is -1.11. The molecular weight excluding hydrogens is 262 g/mol. The van der Waals surface area contributed by atoms with Crippen molar-refractivity contribution >= 4 is 17.2 Å². The van der Waals surface area contributed by atoms with Crippen LogP contribution in [0.2, 0.25) is 31.7 Å². The van der Waals surface area contributed by atoms with Crippen LogP contribution < -0.4 is 0 Å². The number of hydrogen-bond acceptors (Lipinski definition) is 1. The van der Waals surface area contributed by atoms with Gasteiger partial charge in [-0.3, -0.25) is 0 Å². The first-order chi connectivity index (χ1) is 8.95. The fourth-order valence-electron chi connectivity index (χ4n) is 2.64. The van der Waals surface area contributed by atoms with Crippen molar-refractivity contribution in [3.63, 3.8) is 0 Å². The summed E-state index contributed by atoms with van der Waals surface area (Å²) in [6, 6.07) is 2.99. The lowest BCUT2D eigenvalue weighted by Gasteiger charge is -2.38. The summed E-state index contributed by atoms with van der Waals surface area (Å²) in [5.74, 6) is 0. The van der Waals surface area contributed by atoms with Gasteiger partial charge in [-0.1, -0.05) is 84.9 Å². The molecule has 0 fully saturated rings. The fraction of sp³-hybridized carbons (Fsp3) is 1.00. The first-order valence-electron chi connectivity index (χ1n) is 8.52. The van der Waals surface area contributed by atoms with Gasteiger partial charge >= 0.3 is 0 Å². The van der Waals surface area contributed by atoms with Crippen molar-refractivity contribution in [3.05, 3.63) is 0 Å². The molecule has 1 radical (unpaired) electrons. The lowest BCUT2D eigenvalue weighted by molar-refractivity contribution is 0.663. The average molecular weight is 301 g/mol. The van der Waals surface area contributed by atoms with Gasteiger partial charge in [0.15, 0.2) is 0 Å². The fourth-order valence-corrected chi connectivity index (χ4v) is 10.00. The predicted octanol–water partition coefficient (Wildman–Crippen LogP) is 5.91. The Labute approximate surface area is 125 Å². The molecule has 0 aromatic heterocycles. The van der Waals surface area contributed by atoms with Crippen LogP contribution in [0.25, 0.3) is 0 Å². The molecule has 0 heterocycles. The molecule has 0 aromatic carbocycles. The van der Waals surface area contributed by atoms with Crippen molar-refractivity contribution in [2.75, 3.05) is 7.05 Å². The molecule has 0 aromatic rings. The van der Waals surface area contributed by atoms with E-state index in [0.29, 0.717) is 0 Å². The summed E-state index contributed by atoms with van der Waals surface area (Å²) in [5.41, 5.74) is 0. The van der Waals surface area contributed by atoms with E-state index in [-0.39, 0.29) is 8.96 Å². The topological polar surface area (TPSA) is 3.24 Å². The molecule has 0 saturated heterocycles. The van der Waals surface area contributed by atoms with Crippen LogP contribution in [-0.4, -0.2) is 28.5 Å². The van der Waals surface area contributed by atoms with E-state index >= 15 is 0 Å². The Morgan fingerprint density at radius 1 is 0.842 bits per heavy atom. The van der Waals surface area contributed by atoms with Crippen LogP contribution in [0.1, 0.15) is 65.2 Å². The van der Waals surface area contributed by atoms with E-state index in [1.807, 2.05) is 0 Å². The predicted molar refractivity (Wildman–Crippen MR) is 94.8 cm³/mol. The highest BCUT2D eigenvalue weighted by Gasteiger charge is 2.29. The second kappa shape index (κ2) is 11.1. The van der Waals surface area contributed by atoms with Gasteiger partial charge in [0.1, 0.15) is 17.2 Å². The highest BCUT2D eigenvalue weighted by atomic mass is 28.4. The van der Waals surface area contributed by atoms with Gasteiger partial charge in [0.05, 0.1) is 0 Å². The lowest BCUT2D eigenvalue weighted by atomic mass is 10.2. The Hall–Kier alpha value is 0.394. The van der Waals surface area contributed by atoms with E-state index < -0.39 is 8.24 Å². The molecule has 0 bridgehead atoms. The zero-order valence-corrected chi connectivity index (χ0v) is 16.5. The molecule has 0 aliphatic rings. The average Bonchev–Trinajstić information content (AvgIpc) is 2.38. The Balaban J connectivity index is 3.94. The lowest BCUT2D eigenvalue weighted by Crippen LogP contribution is -2.52. The second-order valence-electron chi connectivity index (χ2n) is 6.73. The van der Waals surface area contributed by atoms with E-state index in [2.05, 4.69) is 44.8 Å². The summed E-state index contributed by atoms with van der Waals surface area (Å²) >= 11 is 0. The van der Waals surface area contributed by atoms with Gasteiger partial charge in [-0.05, 0) is 19.1 Å². The maximum atomic E-state index is 2.86. The van der Waals surface area contributed by atoms with Gasteiger partial charge in [0.25, 0.3) is 0 Å². The molecule has 0 spiro atoms. The quantitative estimate of drug-likeness (QED) is 0.320. The largest absolute Gasteiger partial charge is 0.349 e. The number of unbranched alkanes of at least 4 members (excludes halogenated alkanes) is 6. The molecule has 115 valence electrons. The second-order valence-corrected chi connectivity index (χ2v) is 14.6. The van der Waals surface area contributed by atoms with Crippen LogP contribution >= 0.6 is 0 Å². The van der Waals surface area contributed by atoms with Gasteiger partial charge in [-0.2, -0.15) is 0 Å². The molecule has 0 atom stereocenters. The highest BCUT2D eigenvalue weighted by molar-refractivity contribution is 6.83. The third-order valence-electron chi connectivity index (χ3n) is 4.51. The molecule has 0 N–H and O–H groups in total. The summed E-state index contributed by atoms with van der Waals surface area (Å²) in [6.45, 7) is 12.3. The van der Waals surface area contributed by atoms with Crippen molar-refractivity contribution in [3.8, 4) is 0 Å². The molecule has 0 aliphatic carbocycles. The molecule has 19 heavy (non-hydrogen) atoms. The van der Waals surface area contributed by atoms with Gasteiger partial charge in [-0.25, -0.2) is 0 Å². The minimum Gasteiger partial charge on any atom is -0.349 e. The maximum Gasteiger partial charge on any atom is 0.125 e. The first kappa shape index (κ1) is 19.4. The van der Waals surface area contributed by atoms with E-state index in [1.165, 1.54) is 63.5 Å². The van der Waals surface area contributed by atoms with Crippen LogP contribution in [0.5, 0.6) is 0 Å². The van der Waals surface area contributed by atoms with Crippen molar-refractivity contribution in [1.82, 2.24) is 4.23 Å². The minimum absolute atomic E-state index is 0.252. The molecule has 0 aliphatic heterocycles. The standard InChI is InChI=1S/C16H38NSi2/c1-7-9-11-13-15-18(4)17(3)19(5,6)16-14-12-10-8-2/h7-16H2,1-6H3. The third kappa shape index (κ3) is 9.03. The van der Waals surface area contributed by atoms with Gasteiger partial charge in [-0.15, -0.1) is 0 Å². The van der Waals surface area contributed by atoms with Crippen LogP contribution in [0.3, 0.4) is 0 Å². The number of nitrogens with zero attached hydrogens (tertiary/aromatic N) is 1. The van der Waals surface area contributed by atoms with Gasteiger partial charge in [0.2, 0.25) is 0 Å². The summed E-state index contributed by atoms with van der Waals surface area (Å²) in [7, 11) is 1.07. The van der Waals surface area contributed by atoms with Gasteiger partial charge in [0, 0.05) is 0 Å². The normalized spacial score (nSPS) is 12.6. The molecule has 0 unspecified atom stereocenters. The summed E-state index contributed by atoms with van der Waals surface area (Å²) in [6.07, 6.45) is 11.4. The Morgan fingerprint density at radius 3 is 1.89 bits per heavy atom. The molecule has 0 amide bonds. The first-order valence-corrected chi connectivity index (χ1v) is 13.8. The highest BCUT2D eigenvalue weighted by Crippen LogP contribution is 2.21. The van der Waals surface area contributed by atoms with Crippen LogP contribution in [-0.2, 0) is 0 Å². The van der Waals surface area contributed by atoms with Crippen molar-refractivity contribution < 1.29 is 0 Å². The SMILES string of the molecule is CCCCCC[Si](C)N(C)[Si](C)(C)CCCCCC. The van der Waals surface area contributed by atoms with E-state index in [4.69, 9.17) is 0 Å². The van der Waals surface area contributed by atoms with Crippen molar-refractivity contribution in [1.29, 1.82) is 0 Å². The molecule has 0 rings (SSSR count). The molecule has 3 heteroatoms. The summed E-state index contributed by atoms with van der Waals surface area (Å²) < 4.78 is 2.86. The Kier molecular flexibility index (Phi) is 11.3. The number of rotatable bonds is 12. The number of hydrogen-bond donors (Lipinski definition) is 0. The Morgan fingerprint density at radius 2 is 1.37 bits per heavy atom. The monoisotopic (exact) mass is 300 g/mol. The van der Waals surface area contributed by atoms with E-state index in [1.54, 1.807) is 0 Å². The maximum absolute atomic E-state index is 2.86. The molecular formula is C16H38NSi2. The Bertz CT molecular complexity index is 207. The summed E-state index contributed by atoms with van der Waals surface area (Å²) in [4.78, 5) is 0. The summed E-state index contributed by atoms with van der Waals surface area (Å²) in [5, 5.41) is 0. The zero-order chi connectivity index (χ0) is 14.7. The van der Waals surface area contributed by atoms with E-state index in [0.717, 1.165) is 0 Å². The van der Waals surface area contributed by atoms with Crippen LogP contribution in [0, 0.1) is 0 Å². The zero-order valence-electron chi connectivity index (χ0n) is 14.5. The van der Waals surface area contributed by atoms with Crippen LogP contribution in [0.4, 0.5) is 0 Å². The van der Waals surface area contributed by atoms with Crippen LogP contribution in [0.15, 0.2) is 0 Å². The van der Waals surface area contributed by atoms with Crippen molar-refractivity contribution in [2.45, 2.75) is 96.9 Å². The molecule has 0 saturated carbocycles. The van der Waals surface area contributed by atoms with Gasteiger partial charge < -0.3 is 4.23 Å². The van der Waals surface area contributed by atoms with Crippen molar-refractivity contribution in [2.24, 2.45) is 0 Å². The molecule has 1 nitrogen and oxygen atoms in total. The smallest absolute Gasteiger partial charge is 0.125 e.